The number of nitrogens with zero attached hydrogens (tertiary/aromatic N) is 1. The minimum absolute atomic E-state index is 0.00221. The van der Waals surface area contributed by atoms with Crippen molar-refractivity contribution >= 4 is 32.5 Å². The molecule has 1 heterocycles. The maximum Gasteiger partial charge on any atom is 0.293 e. The Morgan fingerprint density at radius 1 is 0.943 bits per heavy atom. The monoisotopic (exact) mass is 497 g/mol. The summed E-state index contributed by atoms with van der Waals surface area (Å²) >= 11 is 0. The normalized spacial score (nSPS) is 11.1. The molecular weight excluding hydrogens is 478 g/mol. The van der Waals surface area contributed by atoms with E-state index in [0.29, 0.717) is 17.2 Å². The number of fused-ring (bicyclic) bond motifs is 1. The molecule has 0 radical (unpaired) electrons. The number of methoxy groups -OCH3 is 2. The van der Waals surface area contributed by atoms with Gasteiger partial charge in [-0.25, -0.2) is 13.1 Å². The third-order valence-electron chi connectivity index (χ3n) is 5.04. The first-order valence-corrected chi connectivity index (χ1v) is 11.5. The SMILES string of the molecule is COc1ccc(S(=O)(=O)NC(=O)c2cc3c(Oc4cccc(OC)c4)ccc([N+](=O)[O-])c3[nH]2)cc1. The van der Waals surface area contributed by atoms with Gasteiger partial charge in [0.15, 0.2) is 0 Å². The number of hydrogen-bond acceptors (Lipinski definition) is 8. The van der Waals surface area contributed by atoms with Crippen LogP contribution in [0.3, 0.4) is 0 Å². The molecule has 0 spiro atoms. The number of carbonyl (C=O) groups excluding carboxylic acids is 1. The van der Waals surface area contributed by atoms with Crippen molar-refractivity contribution in [3.8, 4) is 23.0 Å². The molecule has 0 aliphatic rings. The summed E-state index contributed by atoms with van der Waals surface area (Å²) in [7, 11) is -1.28. The Kier molecular flexibility index (Phi) is 6.30. The second kappa shape index (κ2) is 9.35. The maximum absolute atomic E-state index is 12.8. The minimum Gasteiger partial charge on any atom is -0.497 e. The molecule has 0 unspecified atom stereocenters. The van der Waals surface area contributed by atoms with Gasteiger partial charge >= 0.3 is 0 Å². The van der Waals surface area contributed by atoms with Crippen LogP contribution < -0.4 is 18.9 Å². The minimum atomic E-state index is -4.22. The van der Waals surface area contributed by atoms with Crippen molar-refractivity contribution in [1.29, 1.82) is 0 Å². The van der Waals surface area contributed by atoms with Gasteiger partial charge in [0.2, 0.25) is 0 Å². The quantitative estimate of drug-likeness (QED) is 0.274. The summed E-state index contributed by atoms with van der Waals surface area (Å²) in [6.07, 6.45) is 0. The fourth-order valence-electron chi connectivity index (χ4n) is 3.32. The Labute approximate surface area is 199 Å². The number of carbonyl (C=O) groups is 1. The number of nitrogens with one attached hydrogen (secondary N) is 2. The first-order chi connectivity index (χ1) is 16.7. The van der Waals surface area contributed by atoms with Gasteiger partial charge in [-0.05, 0) is 48.5 Å². The van der Waals surface area contributed by atoms with Crippen molar-refractivity contribution in [2.75, 3.05) is 14.2 Å². The highest BCUT2D eigenvalue weighted by Gasteiger charge is 2.24. The number of aromatic nitrogens is 1. The largest absolute Gasteiger partial charge is 0.497 e. The number of benzene rings is 3. The molecule has 0 atom stereocenters. The van der Waals surface area contributed by atoms with Gasteiger partial charge in [-0.3, -0.25) is 14.9 Å². The van der Waals surface area contributed by atoms with Crippen LogP contribution in [0.1, 0.15) is 10.5 Å². The lowest BCUT2D eigenvalue weighted by Gasteiger charge is -2.08. The summed E-state index contributed by atoms with van der Waals surface area (Å²) in [4.78, 5) is 26.2. The molecule has 2 N–H and O–H groups in total. The number of hydrogen-bond donors (Lipinski definition) is 2. The Hall–Kier alpha value is -4.58. The van der Waals surface area contributed by atoms with Gasteiger partial charge in [-0.15, -0.1) is 0 Å². The van der Waals surface area contributed by atoms with Crippen LogP contribution in [-0.4, -0.2) is 38.5 Å². The average Bonchev–Trinajstić information content (AvgIpc) is 3.30. The van der Waals surface area contributed by atoms with Crippen LogP contribution in [0.25, 0.3) is 10.9 Å². The first-order valence-electron chi connectivity index (χ1n) is 10.0. The van der Waals surface area contributed by atoms with Gasteiger partial charge in [0.25, 0.3) is 21.6 Å². The molecule has 0 saturated heterocycles. The topological polar surface area (TPSA) is 150 Å². The van der Waals surface area contributed by atoms with Gasteiger partial charge in [0.1, 0.15) is 34.2 Å². The summed E-state index contributed by atoms with van der Waals surface area (Å²) < 4.78 is 43.3. The molecule has 35 heavy (non-hydrogen) atoms. The zero-order chi connectivity index (χ0) is 25.2. The fraction of sp³-hybridized carbons (Fsp3) is 0.0870. The van der Waals surface area contributed by atoms with Gasteiger partial charge in [-0.1, -0.05) is 6.07 Å². The Morgan fingerprint density at radius 2 is 1.63 bits per heavy atom. The van der Waals surface area contributed by atoms with Gasteiger partial charge < -0.3 is 19.2 Å². The molecule has 0 aliphatic carbocycles. The van der Waals surface area contributed by atoms with Crippen molar-refractivity contribution in [1.82, 2.24) is 9.71 Å². The van der Waals surface area contributed by atoms with E-state index in [0.717, 1.165) is 0 Å². The number of sulfonamides is 1. The first kappa shape index (κ1) is 23.6. The summed E-state index contributed by atoms with van der Waals surface area (Å²) in [5, 5.41) is 11.8. The van der Waals surface area contributed by atoms with Gasteiger partial charge in [-0.2, -0.15) is 0 Å². The third-order valence-corrected chi connectivity index (χ3v) is 6.39. The Bertz CT molecular complexity index is 1530. The number of nitro groups is 1. The van der Waals surface area contributed by atoms with Gasteiger partial charge in [0.05, 0.1) is 29.4 Å². The van der Waals surface area contributed by atoms with Crippen molar-refractivity contribution in [2.24, 2.45) is 0 Å². The number of amides is 1. The van der Waals surface area contributed by atoms with Crippen LogP contribution in [0.15, 0.2) is 71.6 Å². The number of H-pyrrole nitrogens is 1. The number of rotatable bonds is 8. The standard InChI is InChI=1S/C23H19N3O8S/c1-32-14-6-8-17(9-7-14)35(30,31)25-23(27)19-13-18-21(11-10-20(26(28)29)22(18)24-19)34-16-5-3-4-15(12-16)33-2/h3-13,24H,1-2H3,(H,25,27). The van der Waals surface area contributed by atoms with Crippen LogP contribution >= 0.6 is 0 Å². The average molecular weight is 497 g/mol. The molecule has 3 aromatic carbocycles. The number of non-ortho nitro benzene ring substituents is 1. The van der Waals surface area contributed by atoms with E-state index < -0.39 is 20.9 Å². The Morgan fingerprint density at radius 3 is 2.29 bits per heavy atom. The molecular formula is C23H19N3O8S. The van der Waals surface area contributed by atoms with Crippen molar-refractivity contribution < 1.29 is 32.3 Å². The fourth-order valence-corrected chi connectivity index (χ4v) is 4.29. The highest BCUT2D eigenvalue weighted by atomic mass is 32.2. The molecule has 180 valence electrons. The maximum atomic E-state index is 12.8. The summed E-state index contributed by atoms with van der Waals surface area (Å²) in [5.74, 6) is 0.597. The van der Waals surface area contributed by atoms with Crippen molar-refractivity contribution in [2.45, 2.75) is 4.90 Å². The lowest BCUT2D eigenvalue weighted by molar-refractivity contribution is -0.383. The van der Waals surface area contributed by atoms with Crippen molar-refractivity contribution in [3.05, 3.63) is 82.5 Å². The van der Waals surface area contributed by atoms with Crippen LogP contribution in [-0.2, 0) is 10.0 Å². The van der Waals surface area contributed by atoms with E-state index in [2.05, 4.69) is 4.98 Å². The van der Waals surface area contributed by atoms with E-state index in [9.17, 15) is 23.3 Å². The van der Waals surface area contributed by atoms with Crippen LogP contribution in [0.5, 0.6) is 23.0 Å². The highest BCUT2D eigenvalue weighted by molar-refractivity contribution is 7.90. The molecule has 11 nitrogen and oxygen atoms in total. The molecule has 4 rings (SSSR count). The zero-order valence-electron chi connectivity index (χ0n) is 18.5. The molecule has 0 bridgehead atoms. The molecule has 4 aromatic rings. The molecule has 1 aromatic heterocycles. The zero-order valence-corrected chi connectivity index (χ0v) is 19.3. The molecule has 0 saturated carbocycles. The van der Waals surface area contributed by atoms with E-state index in [1.807, 2.05) is 4.72 Å². The molecule has 12 heteroatoms. The second-order valence-corrected chi connectivity index (χ2v) is 8.89. The van der Waals surface area contributed by atoms with Crippen molar-refractivity contribution in [3.63, 3.8) is 0 Å². The second-order valence-electron chi connectivity index (χ2n) is 7.20. The molecule has 0 aliphatic heterocycles. The lowest BCUT2D eigenvalue weighted by Crippen LogP contribution is -2.30. The Balaban J connectivity index is 1.69. The van der Waals surface area contributed by atoms with Gasteiger partial charge in [0, 0.05) is 12.1 Å². The summed E-state index contributed by atoms with van der Waals surface area (Å²) in [6, 6.07) is 16.1. The van der Waals surface area contributed by atoms with E-state index in [1.54, 1.807) is 24.3 Å². The summed E-state index contributed by atoms with van der Waals surface area (Å²) in [5.41, 5.74) is -0.515. The number of aromatic amines is 1. The van der Waals surface area contributed by atoms with Crippen LogP contribution in [0, 0.1) is 10.1 Å². The number of ether oxygens (including phenoxy) is 3. The third kappa shape index (κ3) is 4.87. The highest BCUT2D eigenvalue weighted by Crippen LogP contribution is 2.36. The van der Waals surface area contributed by atoms with E-state index in [4.69, 9.17) is 14.2 Å². The molecule has 1 amide bonds. The summed E-state index contributed by atoms with van der Waals surface area (Å²) in [6.45, 7) is 0. The van der Waals surface area contributed by atoms with E-state index >= 15 is 0 Å². The number of nitro benzene ring substituents is 1. The van der Waals surface area contributed by atoms with E-state index in [1.165, 1.54) is 56.7 Å². The van der Waals surface area contributed by atoms with Crippen LogP contribution in [0.2, 0.25) is 0 Å². The van der Waals surface area contributed by atoms with E-state index in [-0.39, 0.29) is 32.9 Å². The predicted octanol–water partition coefficient (Wildman–Crippen LogP) is 4.00. The predicted molar refractivity (Wildman–Crippen MR) is 126 cm³/mol. The lowest BCUT2D eigenvalue weighted by atomic mass is 10.2. The van der Waals surface area contributed by atoms with Crippen LogP contribution in [0.4, 0.5) is 5.69 Å². The smallest absolute Gasteiger partial charge is 0.293 e. The molecule has 0 fully saturated rings.